The van der Waals surface area contributed by atoms with Crippen LogP contribution in [-0.2, 0) is 14.4 Å². The van der Waals surface area contributed by atoms with Gasteiger partial charge in [-0.15, -0.1) is 0 Å². The van der Waals surface area contributed by atoms with E-state index >= 15 is 0 Å². The van der Waals surface area contributed by atoms with Crippen LogP contribution < -0.4 is 0 Å². The SMILES string of the molecule is O=C(CC1CCCC1)N1CC(N2C(=O)C3CC=CCC3C2=O)C1. The molecule has 2 aliphatic carbocycles. The summed E-state index contributed by atoms with van der Waals surface area (Å²) < 4.78 is 0. The zero-order valence-electron chi connectivity index (χ0n) is 13.4. The first-order valence-corrected chi connectivity index (χ1v) is 8.95. The second-order valence-corrected chi connectivity index (χ2v) is 7.51. The van der Waals surface area contributed by atoms with Gasteiger partial charge in [0, 0.05) is 19.5 Å². The summed E-state index contributed by atoms with van der Waals surface area (Å²) in [6, 6.07) is -0.0897. The highest BCUT2D eigenvalue weighted by Gasteiger charge is 2.52. The number of fused-ring (bicyclic) bond motifs is 1. The Morgan fingerprint density at radius 3 is 2.13 bits per heavy atom. The lowest BCUT2D eigenvalue weighted by atomic mass is 9.85. The second kappa shape index (κ2) is 5.77. The molecule has 2 saturated heterocycles. The molecule has 5 heteroatoms. The number of carbonyl (C=O) groups is 3. The molecule has 2 heterocycles. The van der Waals surface area contributed by atoms with E-state index in [1.54, 1.807) is 0 Å². The molecule has 4 rings (SSSR count). The van der Waals surface area contributed by atoms with E-state index < -0.39 is 0 Å². The highest BCUT2D eigenvalue weighted by atomic mass is 16.2. The van der Waals surface area contributed by atoms with Crippen molar-refractivity contribution in [1.29, 1.82) is 0 Å². The van der Waals surface area contributed by atoms with Gasteiger partial charge in [0.05, 0.1) is 17.9 Å². The van der Waals surface area contributed by atoms with Crippen molar-refractivity contribution < 1.29 is 14.4 Å². The second-order valence-electron chi connectivity index (χ2n) is 7.51. The highest BCUT2D eigenvalue weighted by molar-refractivity contribution is 6.06. The summed E-state index contributed by atoms with van der Waals surface area (Å²) in [6.45, 7) is 1.08. The summed E-state index contributed by atoms with van der Waals surface area (Å²) >= 11 is 0. The average Bonchev–Trinajstić information content (AvgIpc) is 3.09. The van der Waals surface area contributed by atoms with Gasteiger partial charge in [0.2, 0.25) is 17.7 Å². The van der Waals surface area contributed by atoms with Crippen LogP contribution in [0.2, 0.25) is 0 Å². The maximum atomic E-state index is 12.5. The first-order chi connectivity index (χ1) is 11.1. The predicted molar refractivity (Wildman–Crippen MR) is 84.2 cm³/mol. The third-order valence-corrected chi connectivity index (χ3v) is 6.06. The van der Waals surface area contributed by atoms with Gasteiger partial charge in [-0.25, -0.2) is 0 Å². The van der Waals surface area contributed by atoms with Crippen molar-refractivity contribution in [2.24, 2.45) is 17.8 Å². The predicted octanol–water partition coefficient (Wildman–Crippen LogP) is 1.73. The topological polar surface area (TPSA) is 57.7 Å². The van der Waals surface area contributed by atoms with Gasteiger partial charge < -0.3 is 4.90 Å². The Hall–Kier alpha value is -1.65. The Morgan fingerprint density at radius 1 is 1.00 bits per heavy atom. The summed E-state index contributed by atoms with van der Waals surface area (Å²) in [7, 11) is 0. The Bertz CT molecular complexity index is 533. The van der Waals surface area contributed by atoms with Gasteiger partial charge in [-0.05, 0) is 31.6 Å². The van der Waals surface area contributed by atoms with Crippen LogP contribution in [0.1, 0.15) is 44.9 Å². The van der Waals surface area contributed by atoms with Crippen molar-refractivity contribution in [3.8, 4) is 0 Å². The van der Waals surface area contributed by atoms with Crippen LogP contribution in [0, 0.1) is 17.8 Å². The number of imide groups is 1. The largest absolute Gasteiger partial charge is 0.338 e. The minimum Gasteiger partial charge on any atom is -0.338 e. The number of hydrogen-bond donors (Lipinski definition) is 0. The van der Waals surface area contributed by atoms with Crippen LogP contribution in [0.3, 0.4) is 0 Å². The van der Waals surface area contributed by atoms with Gasteiger partial charge in [0.1, 0.15) is 0 Å². The summed E-state index contributed by atoms with van der Waals surface area (Å²) in [4.78, 5) is 40.6. The Labute approximate surface area is 136 Å². The summed E-state index contributed by atoms with van der Waals surface area (Å²) in [6.07, 6.45) is 10.9. The molecule has 3 amide bonds. The van der Waals surface area contributed by atoms with Crippen molar-refractivity contribution in [1.82, 2.24) is 9.80 Å². The van der Waals surface area contributed by atoms with Crippen LogP contribution >= 0.6 is 0 Å². The zero-order chi connectivity index (χ0) is 16.0. The van der Waals surface area contributed by atoms with Crippen molar-refractivity contribution in [3.63, 3.8) is 0 Å². The van der Waals surface area contributed by atoms with E-state index in [0.29, 0.717) is 38.3 Å². The third-order valence-electron chi connectivity index (χ3n) is 6.06. The molecule has 0 N–H and O–H groups in total. The first kappa shape index (κ1) is 14.9. The number of carbonyl (C=O) groups excluding carboxylic acids is 3. The molecular weight excluding hydrogens is 292 g/mol. The van der Waals surface area contributed by atoms with Crippen molar-refractivity contribution in [3.05, 3.63) is 12.2 Å². The molecule has 124 valence electrons. The minimum absolute atomic E-state index is 0.0164. The highest BCUT2D eigenvalue weighted by Crippen LogP contribution is 2.37. The molecule has 0 bridgehead atoms. The molecule has 4 aliphatic rings. The normalized spacial score (nSPS) is 31.7. The molecule has 2 unspecified atom stereocenters. The molecule has 2 aliphatic heterocycles. The lowest BCUT2D eigenvalue weighted by Crippen LogP contribution is -2.62. The maximum absolute atomic E-state index is 12.5. The standard InChI is InChI=1S/C18H24N2O3/c21-16(9-12-5-1-2-6-12)19-10-13(11-19)20-17(22)14-7-3-4-8-15(14)18(20)23/h3-4,12-15H,1-2,5-11H2. The molecule has 0 aromatic rings. The third kappa shape index (κ3) is 2.50. The minimum atomic E-state index is -0.157. The molecule has 5 nitrogen and oxygen atoms in total. The molecular formula is C18H24N2O3. The Balaban J connectivity index is 1.34. The molecule has 0 spiro atoms. The molecule has 0 aromatic carbocycles. The molecule has 0 radical (unpaired) electrons. The van der Waals surface area contributed by atoms with E-state index in [4.69, 9.17) is 0 Å². The fraction of sp³-hybridized carbons (Fsp3) is 0.722. The van der Waals surface area contributed by atoms with Crippen LogP contribution in [0.15, 0.2) is 12.2 Å². The fourth-order valence-electron chi connectivity index (χ4n) is 4.60. The van der Waals surface area contributed by atoms with E-state index in [9.17, 15) is 14.4 Å². The van der Waals surface area contributed by atoms with Gasteiger partial charge in [-0.2, -0.15) is 0 Å². The van der Waals surface area contributed by atoms with E-state index in [0.717, 1.165) is 0 Å². The number of allylic oxidation sites excluding steroid dienone is 2. The van der Waals surface area contributed by atoms with Crippen molar-refractivity contribution in [2.75, 3.05) is 13.1 Å². The lowest BCUT2D eigenvalue weighted by Gasteiger charge is -2.43. The zero-order valence-corrected chi connectivity index (χ0v) is 13.4. The van der Waals surface area contributed by atoms with Gasteiger partial charge in [-0.3, -0.25) is 19.3 Å². The van der Waals surface area contributed by atoms with Gasteiger partial charge in [-0.1, -0.05) is 25.0 Å². The molecule has 3 fully saturated rings. The van der Waals surface area contributed by atoms with Crippen LogP contribution in [-0.4, -0.2) is 46.7 Å². The summed E-state index contributed by atoms with van der Waals surface area (Å²) in [5, 5.41) is 0. The molecule has 1 saturated carbocycles. The molecule has 0 aromatic heterocycles. The lowest BCUT2D eigenvalue weighted by molar-refractivity contribution is -0.153. The maximum Gasteiger partial charge on any atom is 0.233 e. The monoisotopic (exact) mass is 316 g/mol. The Kier molecular flexibility index (Phi) is 3.74. The molecule has 23 heavy (non-hydrogen) atoms. The van der Waals surface area contributed by atoms with Crippen LogP contribution in [0.25, 0.3) is 0 Å². The van der Waals surface area contributed by atoms with Crippen LogP contribution in [0.5, 0.6) is 0 Å². The summed E-state index contributed by atoms with van der Waals surface area (Å²) in [5.74, 6) is 0.401. The average molecular weight is 316 g/mol. The molecule has 2 atom stereocenters. The Morgan fingerprint density at radius 2 is 1.57 bits per heavy atom. The van der Waals surface area contributed by atoms with Crippen LogP contribution in [0.4, 0.5) is 0 Å². The summed E-state index contributed by atoms with van der Waals surface area (Å²) in [5.41, 5.74) is 0. The number of amides is 3. The number of rotatable bonds is 3. The van der Waals surface area contributed by atoms with Crippen molar-refractivity contribution >= 4 is 17.7 Å². The fourth-order valence-corrected chi connectivity index (χ4v) is 4.60. The van der Waals surface area contributed by atoms with Gasteiger partial charge in [0.15, 0.2) is 0 Å². The van der Waals surface area contributed by atoms with E-state index in [2.05, 4.69) is 0 Å². The van der Waals surface area contributed by atoms with E-state index in [1.165, 1.54) is 30.6 Å². The number of likely N-dealkylation sites (tertiary alicyclic amines) is 2. The quantitative estimate of drug-likeness (QED) is 0.588. The van der Waals surface area contributed by atoms with Gasteiger partial charge >= 0.3 is 0 Å². The van der Waals surface area contributed by atoms with Crippen molar-refractivity contribution in [2.45, 2.75) is 51.0 Å². The number of hydrogen-bond acceptors (Lipinski definition) is 3. The number of nitrogens with zero attached hydrogens (tertiary/aromatic N) is 2. The first-order valence-electron chi connectivity index (χ1n) is 8.95. The van der Waals surface area contributed by atoms with E-state index in [1.807, 2.05) is 17.1 Å². The van der Waals surface area contributed by atoms with E-state index in [-0.39, 0.29) is 35.6 Å². The smallest absolute Gasteiger partial charge is 0.233 e. The van der Waals surface area contributed by atoms with Gasteiger partial charge in [0.25, 0.3) is 0 Å².